The first kappa shape index (κ1) is 19.7. The predicted molar refractivity (Wildman–Crippen MR) is 112 cm³/mol. The lowest BCUT2D eigenvalue weighted by Crippen LogP contribution is -2.63. The van der Waals surface area contributed by atoms with E-state index in [1.54, 1.807) is 24.3 Å². The van der Waals surface area contributed by atoms with Crippen LogP contribution in [0.15, 0.2) is 60.7 Å². The van der Waals surface area contributed by atoms with Gasteiger partial charge in [0, 0.05) is 0 Å². The maximum absolute atomic E-state index is 12.5. The van der Waals surface area contributed by atoms with Crippen LogP contribution in [0.3, 0.4) is 0 Å². The molecule has 3 aliphatic heterocycles. The van der Waals surface area contributed by atoms with E-state index in [2.05, 4.69) is 0 Å². The van der Waals surface area contributed by atoms with E-state index >= 15 is 0 Å². The molecule has 0 saturated heterocycles. The average Bonchev–Trinajstić information content (AvgIpc) is 2.69. The van der Waals surface area contributed by atoms with Gasteiger partial charge in [-0.15, -0.1) is 0 Å². The highest BCUT2D eigenvalue weighted by molar-refractivity contribution is 5.77. The summed E-state index contributed by atoms with van der Waals surface area (Å²) in [5.41, 5.74) is -0.0837. The van der Waals surface area contributed by atoms with E-state index in [1.807, 2.05) is 36.4 Å². The van der Waals surface area contributed by atoms with E-state index in [0.29, 0.717) is 49.1 Å². The molecule has 3 aliphatic carbocycles. The number of benzene rings is 2. The van der Waals surface area contributed by atoms with Crippen LogP contribution in [0.25, 0.3) is 0 Å². The molecule has 2 aromatic rings. The smallest absolute Gasteiger partial charge is 0.311 e. The number of carbonyl (C=O) groups excluding carboxylic acids is 2. The number of ether oxygens (including phenoxy) is 4. The van der Waals surface area contributed by atoms with Crippen LogP contribution >= 0.6 is 0 Å². The molecule has 0 amide bonds. The summed E-state index contributed by atoms with van der Waals surface area (Å²) in [7, 11) is 0. The zero-order valence-corrected chi connectivity index (χ0v) is 17.2. The van der Waals surface area contributed by atoms with Crippen molar-refractivity contribution in [2.24, 2.45) is 10.8 Å². The van der Waals surface area contributed by atoms with Crippen molar-refractivity contribution in [1.29, 1.82) is 0 Å². The first-order chi connectivity index (χ1) is 15.0. The molecule has 3 heterocycles. The predicted octanol–water partition coefficient (Wildman–Crippen LogP) is 4.48. The van der Waals surface area contributed by atoms with Gasteiger partial charge in [-0.2, -0.15) is 0 Å². The Hall–Kier alpha value is -3.28. The molecular weight excluding hydrogens is 396 g/mol. The molecular formula is C25H24O6. The molecule has 0 unspecified atom stereocenters. The lowest BCUT2D eigenvalue weighted by Gasteiger charge is -2.70. The minimum Gasteiger partial charge on any atom is -0.486 e. The van der Waals surface area contributed by atoms with E-state index in [1.165, 1.54) is 0 Å². The van der Waals surface area contributed by atoms with Crippen LogP contribution in [0, 0.1) is 10.8 Å². The maximum atomic E-state index is 12.5. The molecule has 0 radical (unpaired) electrons. The average molecular weight is 420 g/mol. The third kappa shape index (κ3) is 4.02. The van der Waals surface area contributed by atoms with E-state index < -0.39 is 0 Å². The fraction of sp³-hybridized carbons (Fsp3) is 0.360. The second kappa shape index (κ2) is 7.76. The first-order valence-corrected chi connectivity index (χ1v) is 10.6. The van der Waals surface area contributed by atoms with Crippen molar-refractivity contribution in [3.63, 3.8) is 0 Å². The van der Waals surface area contributed by atoms with E-state index in [-0.39, 0.29) is 22.8 Å². The van der Waals surface area contributed by atoms with Crippen LogP contribution in [-0.4, -0.2) is 25.2 Å². The number of rotatable bonds is 0. The third-order valence-corrected chi connectivity index (χ3v) is 6.27. The molecule has 0 atom stereocenters. The number of hydrogen-bond donors (Lipinski definition) is 0. The zero-order chi connectivity index (χ0) is 21.3. The van der Waals surface area contributed by atoms with Gasteiger partial charge in [-0.05, 0) is 66.5 Å². The fourth-order valence-electron chi connectivity index (χ4n) is 5.26. The van der Waals surface area contributed by atoms with Crippen LogP contribution in [0.2, 0.25) is 0 Å². The van der Waals surface area contributed by atoms with Gasteiger partial charge in [-0.3, -0.25) is 9.59 Å². The van der Waals surface area contributed by atoms with E-state index in [9.17, 15) is 9.59 Å². The van der Waals surface area contributed by atoms with Gasteiger partial charge in [0.05, 0.1) is 12.8 Å². The summed E-state index contributed by atoms with van der Waals surface area (Å²) in [6.45, 7) is 0.613. The van der Waals surface area contributed by atoms with Gasteiger partial charge in [-0.25, -0.2) is 0 Å². The molecule has 2 aromatic carbocycles. The fourth-order valence-corrected chi connectivity index (χ4v) is 5.26. The Morgan fingerprint density at radius 1 is 0.581 bits per heavy atom. The quantitative estimate of drug-likeness (QED) is 0.356. The summed E-state index contributed by atoms with van der Waals surface area (Å²) in [6.07, 6.45) is 6.91. The Balaban J connectivity index is 1.34. The lowest BCUT2D eigenvalue weighted by atomic mass is 9.33. The molecule has 6 heteroatoms. The minimum atomic E-state index is -0.261. The Kier molecular flexibility index (Phi) is 4.93. The second-order valence-electron chi connectivity index (χ2n) is 8.82. The van der Waals surface area contributed by atoms with Gasteiger partial charge in [-0.1, -0.05) is 24.3 Å². The number of para-hydroxylation sites is 4. The van der Waals surface area contributed by atoms with Crippen molar-refractivity contribution in [1.82, 2.24) is 0 Å². The van der Waals surface area contributed by atoms with Gasteiger partial charge in [0.25, 0.3) is 0 Å². The molecule has 0 spiro atoms. The lowest BCUT2D eigenvalue weighted by molar-refractivity contribution is -0.216. The molecule has 3 fully saturated rings. The third-order valence-electron chi connectivity index (χ3n) is 6.27. The van der Waals surface area contributed by atoms with Crippen LogP contribution < -0.4 is 18.9 Å². The molecule has 31 heavy (non-hydrogen) atoms. The summed E-state index contributed by atoms with van der Waals surface area (Å²) >= 11 is 0. The van der Waals surface area contributed by atoms with E-state index in [0.717, 1.165) is 19.3 Å². The van der Waals surface area contributed by atoms with Crippen LogP contribution in [0.4, 0.5) is 0 Å². The van der Waals surface area contributed by atoms with Gasteiger partial charge in [0.2, 0.25) is 0 Å². The van der Waals surface area contributed by atoms with Crippen molar-refractivity contribution in [3.8, 4) is 23.0 Å². The largest absolute Gasteiger partial charge is 0.486 e. The van der Waals surface area contributed by atoms with Crippen molar-refractivity contribution in [3.05, 3.63) is 60.7 Å². The van der Waals surface area contributed by atoms with Gasteiger partial charge < -0.3 is 18.9 Å². The van der Waals surface area contributed by atoms with Crippen LogP contribution in [0.5, 0.6) is 23.0 Å². The molecule has 160 valence electrons. The molecule has 6 nitrogen and oxygen atoms in total. The molecule has 0 aromatic heterocycles. The Morgan fingerprint density at radius 3 is 1.39 bits per heavy atom. The molecule has 8 rings (SSSR count). The van der Waals surface area contributed by atoms with E-state index in [4.69, 9.17) is 18.9 Å². The summed E-state index contributed by atoms with van der Waals surface area (Å²) in [4.78, 5) is 25.1. The summed E-state index contributed by atoms with van der Waals surface area (Å²) in [6, 6.07) is 14.3. The Morgan fingerprint density at radius 2 is 0.968 bits per heavy atom. The highest BCUT2D eigenvalue weighted by Crippen LogP contribution is 2.76. The topological polar surface area (TPSA) is 71.1 Å². The summed E-state index contributed by atoms with van der Waals surface area (Å²) < 4.78 is 22.7. The molecule has 0 N–H and O–H groups in total. The summed E-state index contributed by atoms with van der Waals surface area (Å²) in [5, 5.41) is 0. The maximum Gasteiger partial charge on any atom is 0.311 e. The monoisotopic (exact) mass is 420 g/mol. The first-order valence-electron chi connectivity index (χ1n) is 10.6. The van der Waals surface area contributed by atoms with Crippen molar-refractivity contribution < 1.29 is 28.5 Å². The number of carbonyl (C=O) groups is 2. The number of esters is 2. The van der Waals surface area contributed by atoms with Crippen molar-refractivity contribution in [2.75, 3.05) is 13.2 Å². The standard InChI is InChI=1S/C25H24O6/c26-22-13-24-15-25(16-24,17-24)14-23(27)31-21-10-4-2-8-19(21)29-12-6-5-11-28-18-7-1-3-9-20(18)30-22/h1-10H,11-17H2. The van der Waals surface area contributed by atoms with Crippen molar-refractivity contribution in [2.45, 2.75) is 32.1 Å². The highest BCUT2D eigenvalue weighted by atomic mass is 16.6. The second-order valence-corrected chi connectivity index (χ2v) is 8.82. The molecule has 2 bridgehead atoms. The Labute approximate surface area is 180 Å². The van der Waals surface area contributed by atoms with Crippen LogP contribution in [0.1, 0.15) is 32.1 Å². The molecule has 6 aliphatic rings. The SMILES string of the molecule is O=C1CC23CC(CC(=O)Oc4ccccc4OCC=CCOc4ccccc4O1)(C2)C3. The van der Waals surface area contributed by atoms with Gasteiger partial charge in [0.1, 0.15) is 13.2 Å². The minimum absolute atomic E-state index is 0.0418. The van der Waals surface area contributed by atoms with Gasteiger partial charge >= 0.3 is 11.9 Å². The summed E-state index contributed by atoms with van der Waals surface area (Å²) in [5.74, 6) is 1.38. The number of hydrogen-bond acceptors (Lipinski definition) is 6. The van der Waals surface area contributed by atoms with Crippen molar-refractivity contribution >= 4 is 11.9 Å². The van der Waals surface area contributed by atoms with Gasteiger partial charge in [0.15, 0.2) is 23.0 Å². The normalized spacial score (nSPS) is 27.7. The zero-order valence-electron chi connectivity index (χ0n) is 17.2. The molecule has 3 saturated carbocycles. The van der Waals surface area contributed by atoms with Crippen LogP contribution in [-0.2, 0) is 9.59 Å². The Bertz CT molecular complexity index is 941. The highest BCUT2D eigenvalue weighted by Gasteiger charge is 2.68.